The Kier molecular flexibility index (Phi) is 5.83. The Hall–Kier alpha value is -3.33. The summed E-state index contributed by atoms with van der Waals surface area (Å²) in [5, 5.41) is 13.5. The van der Waals surface area contributed by atoms with Gasteiger partial charge in [-0.1, -0.05) is 18.5 Å². The number of carbonyl (C=O) groups excluding carboxylic acids is 2. The molecule has 5 rings (SSSR count). The predicted octanol–water partition coefficient (Wildman–Crippen LogP) is 4.61. The van der Waals surface area contributed by atoms with Crippen LogP contribution in [0.15, 0.2) is 35.6 Å². The molecule has 0 radical (unpaired) electrons. The fourth-order valence-electron chi connectivity index (χ4n) is 5.26. The van der Waals surface area contributed by atoms with Crippen LogP contribution in [0.3, 0.4) is 0 Å². The molecule has 0 atom stereocenters. The van der Waals surface area contributed by atoms with E-state index in [4.69, 9.17) is 11.6 Å². The number of rotatable bonds is 4. The van der Waals surface area contributed by atoms with Crippen LogP contribution in [0.5, 0.6) is 0 Å². The number of hydrazone groups is 1. The van der Waals surface area contributed by atoms with Crippen molar-refractivity contribution >= 4 is 40.5 Å². The number of aryl methyl sites for hydroxylation is 2. The van der Waals surface area contributed by atoms with Crippen LogP contribution < -0.4 is 10.3 Å². The Balaban J connectivity index is 1.32. The maximum Gasteiger partial charge on any atom is 0.259 e. The van der Waals surface area contributed by atoms with E-state index in [1.165, 1.54) is 23.2 Å². The summed E-state index contributed by atoms with van der Waals surface area (Å²) in [5.74, 6) is -0.839. The lowest BCUT2D eigenvalue weighted by Crippen LogP contribution is -2.47. The molecule has 1 saturated carbocycles. The minimum absolute atomic E-state index is 0.0802. The lowest BCUT2D eigenvalue weighted by Gasteiger charge is -2.36. The number of nitrogens with zero attached hydrogens (tertiary/aromatic N) is 5. The van der Waals surface area contributed by atoms with Gasteiger partial charge in [-0.05, 0) is 70.2 Å². The number of anilines is 1. The van der Waals surface area contributed by atoms with Crippen LogP contribution in [-0.4, -0.2) is 38.2 Å². The number of benzene rings is 1. The first kappa shape index (κ1) is 23.4. The number of aromatic nitrogens is 3. The zero-order valence-corrected chi connectivity index (χ0v) is 20.6. The quantitative estimate of drug-likeness (QED) is 0.571. The normalized spacial score (nSPS) is 22.2. The second-order valence-corrected chi connectivity index (χ2v) is 9.68. The summed E-state index contributed by atoms with van der Waals surface area (Å²) in [4.78, 5) is 31.1. The molecule has 3 aromatic rings. The minimum Gasteiger partial charge on any atom is -0.349 e. The third-order valence-corrected chi connectivity index (χ3v) is 7.35. The zero-order chi connectivity index (χ0) is 24.9. The molecule has 3 heterocycles. The molecule has 2 amide bonds. The third-order valence-electron chi connectivity index (χ3n) is 7.04. The van der Waals surface area contributed by atoms with Crippen LogP contribution in [0.25, 0.3) is 5.65 Å². The van der Waals surface area contributed by atoms with E-state index in [-0.39, 0.29) is 22.9 Å². The molecule has 182 valence electrons. The van der Waals surface area contributed by atoms with Gasteiger partial charge in [-0.15, -0.1) is 0 Å². The van der Waals surface area contributed by atoms with E-state index >= 15 is 0 Å². The van der Waals surface area contributed by atoms with Crippen molar-refractivity contribution < 1.29 is 14.0 Å². The van der Waals surface area contributed by atoms with Crippen molar-refractivity contribution in [1.82, 2.24) is 19.9 Å². The summed E-state index contributed by atoms with van der Waals surface area (Å²) >= 11 is 6.22. The number of fused-ring (bicyclic) bond motifs is 1. The highest BCUT2D eigenvalue weighted by molar-refractivity contribution is 6.34. The van der Waals surface area contributed by atoms with E-state index < -0.39 is 11.2 Å². The maximum atomic E-state index is 13.6. The van der Waals surface area contributed by atoms with Crippen LogP contribution in [0, 0.1) is 25.1 Å². The average Bonchev–Trinajstić information content (AvgIpc) is 3.35. The zero-order valence-electron chi connectivity index (χ0n) is 19.8. The highest BCUT2D eigenvalue weighted by Gasteiger charge is 2.52. The van der Waals surface area contributed by atoms with Gasteiger partial charge in [0.15, 0.2) is 5.65 Å². The van der Waals surface area contributed by atoms with Gasteiger partial charge in [0.05, 0.1) is 28.0 Å². The number of carbonyl (C=O) groups is 2. The summed E-state index contributed by atoms with van der Waals surface area (Å²) in [7, 11) is 0. The summed E-state index contributed by atoms with van der Waals surface area (Å²) in [6.45, 7) is 5.78. The summed E-state index contributed by atoms with van der Waals surface area (Å²) < 4.78 is 15.2. The van der Waals surface area contributed by atoms with Gasteiger partial charge < -0.3 is 5.32 Å². The van der Waals surface area contributed by atoms with E-state index in [0.29, 0.717) is 49.0 Å². The van der Waals surface area contributed by atoms with Gasteiger partial charge in [0.25, 0.3) is 11.8 Å². The maximum absolute atomic E-state index is 13.6. The van der Waals surface area contributed by atoms with E-state index in [1.54, 1.807) is 10.7 Å². The number of nitrogens with one attached hydrogen (secondary N) is 1. The lowest BCUT2D eigenvalue weighted by atomic mass is 9.68. The first-order chi connectivity index (χ1) is 16.7. The molecule has 1 spiro atoms. The number of halogens is 2. The van der Waals surface area contributed by atoms with Gasteiger partial charge in [0, 0.05) is 17.4 Å². The first-order valence-corrected chi connectivity index (χ1v) is 12.1. The van der Waals surface area contributed by atoms with Gasteiger partial charge in [-0.25, -0.2) is 13.9 Å². The molecule has 1 aliphatic carbocycles. The van der Waals surface area contributed by atoms with Gasteiger partial charge in [-0.2, -0.15) is 15.2 Å². The number of amides is 2. The van der Waals surface area contributed by atoms with Crippen molar-refractivity contribution in [3.05, 3.63) is 58.3 Å². The van der Waals surface area contributed by atoms with Crippen molar-refractivity contribution in [2.45, 2.75) is 58.9 Å². The molecule has 2 aliphatic rings. The fourth-order valence-corrected chi connectivity index (χ4v) is 5.51. The molecule has 1 fully saturated rings. The molecule has 1 aromatic carbocycles. The Morgan fingerprint density at radius 3 is 2.69 bits per heavy atom. The Morgan fingerprint density at radius 2 is 2.00 bits per heavy atom. The van der Waals surface area contributed by atoms with Crippen molar-refractivity contribution in [2.75, 3.05) is 5.01 Å². The lowest BCUT2D eigenvalue weighted by molar-refractivity contribution is -0.125. The van der Waals surface area contributed by atoms with E-state index in [0.717, 1.165) is 17.1 Å². The van der Waals surface area contributed by atoms with E-state index in [9.17, 15) is 14.0 Å². The van der Waals surface area contributed by atoms with Crippen molar-refractivity contribution in [1.29, 1.82) is 0 Å². The monoisotopic (exact) mass is 496 g/mol. The number of hydrogen-bond acceptors (Lipinski definition) is 5. The van der Waals surface area contributed by atoms with Gasteiger partial charge in [-0.3, -0.25) is 9.59 Å². The molecule has 35 heavy (non-hydrogen) atoms. The summed E-state index contributed by atoms with van der Waals surface area (Å²) in [6, 6.07) is 5.76. The average molecular weight is 497 g/mol. The molecular formula is C25H26ClFN6O2. The third kappa shape index (κ3) is 3.87. The molecule has 8 nitrogen and oxygen atoms in total. The minimum atomic E-state index is -0.728. The van der Waals surface area contributed by atoms with Crippen LogP contribution in [0.1, 0.15) is 60.8 Å². The van der Waals surface area contributed by atoms with Gasteiger partial charge >= 0.3 is 0 Å². The molecule has 10 heteroatoms. The van der Waals surface area contributed by atoms with Crippen LogP contribution in [0.4, 0.5) is 10.1 Å². The Bertz CT molecular complexity index is 1380. The van der Waals surface area contributed by atoms with Crippen LogP contribution in [-0.2, 0) is 4.79 Å². The standard InChI is InChI=1S/C25H26ClFN6O2/c1-4-21-25(24(35)33(31-21)20-6-5-16(27)12-19(20)26)9-7-17(8-10-25)30-23(34)18-13-28-32-15(3)11-14(2)29-22(18)32/h5-6,11-13,17H,4,7-10H2,1-3H3,(H,30,34)/t17-,25-. The van der Waals surface area contributed by atoms with Crippen LogP contribution in [0.2, 0.25) is 5.02 Å². The SMILES string of the molecule is CCC1=NN(c2ccc(F)cc2Cl)C(=O)[C@]12CC[C@H](NC(=O)c1cnn3c(C)cc(C)nc13)CC2. The number of hydrogen-bond donors (Lipinski definition) is 1. The van der Waals surface area contributed by atoms with Gasteiger partial charge in [0.2, 0.25) is 0 Å². The second kappa shape index (κ2) is 8.71. The molecule has 2 aromatic heterocycles. The molecule has 0 bridgehead atoms. The molecular weight excluding hydrogens is 471 g/mol. The highest BCUT2D eigenvalue weighted by Crippen LogP contribution is 2.46. The smallest absolute Gasteiger partial charge is 0.259 e. The van der Waals surface area contributed by atoms with Crippen molar-refractivity contribution in [2.24, 2.45) is 10.5 Å². The topological polar surface area (TPSA) is 92.0 Å². The van der Waals surface area contributed by atoms with Crippen molar-refractivity contribution in [3.8, 4) is 0 Å². The van der Waals surface area contributed by atoms with E-state index in [2.05, 4.69) is 20.5 Å². The summed E-state index contributed by atoms with van der Waals surface area (Å²) in [6.07, 6.45) is 4.54. The second-order valence-electron chi connectivity index (χ2n) is 9.28. The largest absolute Gasteiger partial charge is 0.349 e. The van der Waals surface area contributed by atoms with Crippen molar-refractivity contribution in [3.63, 3.8) is 0 Å². The molecule has 1 aliphatic heterocycles. The Labute approximate surface area is 207 Å². The summed E-state index contributed by atoms with van der Waals surface area (Å²) in [5.41, 5.74) is 3.14. The Morgan fingerprint density at radius 1 is 1.26 bits per heavy atom. The van der Waals surface area contributed by atoms with Gasteiger partial charge in [0.1, 0.15) is 11.4 Å². The molecule has 0 unspecified atom stereocenters. The first-order valence-electron chi connectivity index (χ1n) is 11.7. The predicted molar refractivity (Wildman–Crippen MR) is 131 cm³/mol. The van der Waals surface area contributed by atoms with E-state index in [1.807, 2.05) is 26.8 Å². The highest BCUT2D eigenvalue weighted by atomic mass is 35.5. The fraction of sp³-hybridized carbons (Fsp3) is 0.400. The molecule has 1 N–H and O–H groups in total. The molecule has 0 saturated heterocycles. The van der Waals surface area contributed by atoms with Crippen LogP contribution >= 0.6 is 11.6 Å².